The summed E-state index contributed by atoms with van der Waals surface area (Å²) in [7, 11) is 0. The van der Waals surface area contributed by atoms with E-state index in [4.69, 9.17) is 28.5 Å². The average molecular weight is 299 g/mol. The van der Waals surface area contributed by atoms with Gasteiger partial charge in [0.2, 0.25) is 5.91 Å². The van der Waals surface area contributed by atoms with Crippen molar-refractivity contribution in [1.82, 2.24) is 0 Å². The number of nitriles is 1. The van der Waals surface area contributed by atoms with Crippen molar-refractivity contribution in [1.29, 1.82) is 5.26 Å². The predicted molar refractivity (Wildman–Crippen MR) is 78.3 cm³/mol. The monoisotopic (exact) mass is 298 g/mol. The number of nitrogens with one attached hydrogen (secondary N) is 1. The molecule has 1 aromatic rings. The molecule has 2 atom stereocenters. The second kappa shape index (κ2) is 7.37. The Kier molecular flexibility index (Phi) is 6.14. The number of amides is 1. The number of benzene rings is 1. The molecule has 0 aliphatic carbocycles. The van der Waals surface area contributed by atoms with Gasteiger partial charge in [0.1, 0.15) is 5.92 Å². The van der Waals surface area contributed by atoms with Gasteiger partial charge in [0, 0.05) is 15.7 Å². The molecule has 2 unspecified atom stereocenters. The third-order valence-corrected chi connectivity index (χ3v) is 3.30. The summed E-state index contributed by atoms with van der Waals surface area (Å²) < 4.78 is 0. The van der Waals surface area contributed by atoms with Crippen LogP contribution >= 0.6 is 23.2 Å². The fraction of sp³-hybridized carbons (Fsp3) is 0.429. The Hall–Kier alpha value is -1.24. The van der Waals surface area contributed by atoms with E-state index in [0.29, 0.717) is 15.7 Å². The molecule has 0 saturated carbocycles. The number of anilines is 1. The maximum absolute atomic E-state index is 12.1. The van der Waals surface area contributed by atoms with Crippen LogP contribution in [-0.4, -0.2) is 5.91 Å². The Labute approximate surface area is 123 Å². The maximum atomic E-state index is 12.1. The van der Waals surface area contributed by atoms with E-state index in [1.54, 1.807) is 18.2 Å². The molecule has 0 heterocycles. The molecule has 0 spiro atoms. The summed E-state index contributed by atoms with van der Waals surface area (Å²) in [5.41, 5.74) is 0.506. The SMILES string of the molecule is CCCC(C)C(C#N)C(=O)Nc1cc(Cl)cc(Cl)c1. The van der Waals surface area contributed by atoms with Crippen LogP contribution in [0.2, 0.25) is 10.0 Å². The molecule has 102 valence electrons. The van der Waals surface area contributed by atoms with Crippen LogP contribution in [0.5, 0.6) is 0 Å². The Morgan fingerprint density at radius 1 is 1.37 bits per heavy atom. The van der Waals surface area contributed by atoms with Gasteiger partial charge in [-0.3, -0.25) is 4.79 Å². The molecule has 1 N–H and O–H groups in total. The van der Waals surface area contributed by atoms with Gasteiger partial charge in [-0.05, 0) is 30.5 Å². The summed E-state index contributed by atoms with van der Waals surface area (Å²) in [5.74, 6) is -0.968. The Balaban J connectivity index is 2.80. The molecule has 0 aliphatic heterocycles. The van der Waals surface area contributed by atoms with E-state index in [-0.39, 0.29) is 11.8 Å². The highest BCUT2D eigenvalue weighted by atomic mass is 35.5. The summed E-state index contributed by atoms with van der Waals surface area (Å²) >= 11 is 11.7. The van der Waals surface area contributed by atoms with Crippen molar-refractivity contribution in [2.75, 3.05) is 5.32 Å². The van der Waals surface area contributed by atoms with E-state index in [0.717, 1.165) is 12.8 Å². The van der Waals surface area contributed by atoms with E-state index in [1.165, 1.54) is 0 Å². The van der Waals surface area contributed by atoms with Crippen LogP contribution in [0.15, 0.2) is 18.2 Å². The molecular weight excluding hydrogens is 283 g/mol. The molecule has 1 amide bonds. The minimum Gasteiger partial charge on any atom is -0.325 e. The molecule has 0 saturated heterocycles. The largest absolute Gasteiger partial charge is 0.325 e. The summed E-state index contributed by atoms with van der Waals surface area (Å²) in [5, 5.41) is 12.7. The van der Waals surface area contributed by atoms with Gasteiger partial charge in [-0.25, -0.2) is 0 Å². The van der Waals surface area contributed by atoms with Gasteiger partial charge >= 0.3 is 0 Å². The maximum Gasteiger partial charge on any atom is 0.242 e. The van der Waals surface area contributed by atoms with Crippen LogP contribution in [0, 0.1) is 23.2 Å². The second-order valence-electron chi connectivity index (χ2n) is 4.52. The van der Waals surface area contributed by atoms with Crippen molar-refractivity contribution in [2.24, 2.45) is 11.8 Å². The molecule has 5 heteroatoms. The summed E-state index contributed by atoms with van der Waals surface area (Å²) in [6, 6.07) is 6.84. The topological polar surface area (TPSA) is 52.9 Å². The van der Waals surface area contributed by atoms with Gasteiger partial charge in [0.15, 0.2) is 0 Å². The lowest BCUT2D eigenvalue weighted by molar-refractivity contribution is -0.119. The van der Waals surface area contributed by atoms with Crippen molar-refractivity contribution in [3.05, 3.63) is 28.2 Å². The lowest BCUT2D eigenvalue weighted by atomic mass is 9.90. The third kappa shape index (κ3) is 4.74. The first kappa shape index (κ1) is 15.8. The van der Waals surface area contributed by atoms with Gasteiger partial charge in [-0.2, -0.15) is 5.26 Å². The molecule has 0 radical (unpaired) electrons. The fourth-order valence-electron chi connectivity index (χ4n) is 1.91. The lowest BCUT2D eigenvalue weighted by Gasteiger charge is -2.16. The zero-order chi connectivity index (χ0) is 14.4. The number of carbonyl (C=O) groups excluding carboxylic acids is 1. The van der Waals surface area contributed by atoms with Crippen molar-refractivity contribution in [3.63, 3.8) is 0 Å². The number of carbonyl (C=O) groups is 1. The highest BCUT2D eigenvalue weighted by Gasteiger charge is 2.24. The number of halogens is 2. The van der Waals surface area contributed by atoms with E-state index >= 15 is 0 Å². The first-order valence-corrected chi connectivity index (χ1v) is 6.90. The second-order valence-corrected chi connectivity index (χ2v) is 5.39. The summed E-state index contributed by atoms with van der Waals surface area (Å²) in [6.07, 6.45) is 1.78. The molecule has 0 aliphatic rings. The minimum atomic E-state index is -0.669. The fourth-order valence-corrected chi connectivity index (χ4v) is 2.44. The van der Waals surface area contributed by atoms with Gasteiger partial charge in [-0.15, -0.1) is 0 Å². The van der Waals surface area contributed by atoms with E-state index < -0.39 is 5.92 Å². The van der Waals surface area contributed by atoms with Crippen LogP contribution in [-0.2, 0) is 4.79 Å². The smallest absolute Gasteiger partial charge is 0.242 e. The first-order valence-electron chi connectivity index (χ1n) is 6.14. The number of hydrogen-bond acceptors (Lipinski definition) is 2. The molecule has 0 bridgehead atoms. The Morgan fingerprint density at radius 2 is 1.95 bits per heavy atom. The van der Waals surface area contributed by atoms with Crippen LogP contribution in [0.3, 0.4) is 0 Å². The molecule has 1 aromatic carbocycles. The molecule has 0 fully saturated rings. The molecule has 3 nitrogen and oxygen atoms in total. The highest BCUT2D eigenvalue weighted by molar-refractivity contribution is 6.35. The van der Waals surface area contributed by atoms with E-state index in [1.807, 2.05) is 13.8 Å². The first-order chi connectivity index (χ1) is 8.97. The van der Waals surface area contributed by atoms with Crippen LogP contribution < -0.4 is 5.32 Å². The number of rotatable bonds is 5. The van der Waals surface area contributed by atoms with Gasteiger partial charge in [0.25, 0.3) is 0 Å². The summed E-state index contributed by atoms with van der Waals surface area (Å²) in [4.78, 5) is 12.1. The van der Waals surface area contributed by atoms with Crippen LogP contribution in [0.4, 0.5) is 5.69 Å². The standard InChI is InChI=1S/C14H16Cl2N2O/c1-3-4-9(2)13(8-17)14(19)18-12-6-10(15)5-11(16)7-12/h5-7,9,13H,3-4H2,1-2H3,(H,18,19). The molecule has 0 aromatic heterocycles. The highest BCUT2D eigenvalue weighted by Crippen LogP contribution is 2.24. The van der Waals surface area contributed by atoms with Crippen LogP contribution in [0.25, 0.3) is 0 Å². The third-order valence-electron chi connectivity index (χ3n) is 2.86. The molecule has 19 heavy (non-hydrogen) atoms. The summed E-state index contributed by atoms with van der Waals surface area (Å²) in [6.45, 7) is 3.93. The minimum absolute atomic E-state index is 0.0182. The quantitative estimate of drug-likeness (QED) is 0.869. The Morgan fingerprint density at radius 3 is 2.42 bits per heavy atom. The molecular formula is C14H16Cl2N2O. The van der Waals surface area contributed by atoms with E-state index in [9.17, 15) is 4.79 Å². The Bertz CT molecular complexity index is 476. The van der Waals surface area contributed by atoms with Crippen molar-refractivity contribution in [2.45, 2.75) is 26.7 Å². The normalized spacial score (nSPS) is 13.4. The zero-order valence-electron chi connectivity index (χ0n) is 10.9. The average Bonchev–Trinajstić information content (AvgIpc) is 2.28. The number of hydrogen-bond donors (Lipinski definition) is 1. The van der Waals surface area contributed by atoms with Crippen molar-refractivity contribution in [3.8, 4) is 6.07 Å². The van der Waals surface area contributed by atoms with Gasteiger partial charge in [-0.1, -0.05) is 43.5 Å². The molecule has 1 rings (SSSR count). The van der Waals surface area contributed by atoms with Crippen molar-refractivity contribution >= 4 is 34.8 Å². The predicted octanol–water partition coefficient (Wildman–Crippen LogP) is 4.51. The van der Waals surface area contributed by atoms with Gasteiger partial charge < -0.3 is 5.32 Å². The lowest BCUT2D eigenvalue weighted by Crippen LogP contribution is -2.26. The van der Waals surface area contributed by atoms with E-state index in [2.05, 4.69) is 11.4 Å². The van der Waals surface area contributed by atoms with Crippen molar-refractivity contribution < 1.29 is 4.79 Å². The van der Waals surface area contributed by atoms with Gasteiger partial charge in [0.05, 0.1) is 6.07 Å². The van der Waals surface area contributed by atoms with Crippen LogP contribution in [0.1, 0.15) is 26.7 Å². The number of nitrogens with zero attached hydrogens (tertiary/aromatic N) is 1. The zero-order valence-corrected chi connectivity index (χ0v) is 12.4.